The van der Waals surface area contributed by atoms with Crippen LogP contribution in [0.15, 0.2) is 48.5 Å². The fourth-order valence-corrected chi connectivity index (χ4v) is 9.03. The molecule has 6 atom stereocenters. The van der Waals surface area contributed by atoms with E-state index in [0.717, 1.165) is 55.9 Å². The molecule has 3 aliphatic carbocycles. The van der Waals surface area contributed by atoms with Crippen LogP contribution < -0.4 is 5.73 Å². The van der Waals surface area contributed by atoms with E-state index in [4.69, 9.17) is 10.5 Å². The molecule has 5 unspecified atom stereocenters. The third-order valence-corrected chi connectivity index (χ3v) is 10.4. The number of piperidine rings is 1. The van der Waals surface area contributed by atoms with Gasteiger partial charge in [-0.2, -0.15) is 0 Å². The summed E-state index contributed by atoms with van der Waals surface area (Å²) in [6.07, 6.45) is 7.18. The van der Waals surface area contributed by atoms with Gasteiger partial charge in [0.05, 0.1) is 11.7 Å². The molecule has 5 heteroatoms. The smallest absolute Gasteiger partial charge is 0.254 e. The monoisotopic (exact) mass is 455 g/mol. The summed E-state index contributed by atoms with van der Waals surface area (Å²) in [4.78, 5) is 18.6. The van der Waals surface area contributed by atoms with Gasteiger partial charge in [-0.25, -0.2) is 0 Å². The van der Waals surface area contributed by atoms with Crippen LogP contribution in [-0.2, 0) is 16.6 Å². The summed E-state index contributed by atoms with van der Waals surface area (Å²) in [5.74, 6) is 1.41. The van der Waals surface area contributed by atoms with Gasteiger partial charge in [-0.15, -0.1) is 0 Å². The Hall–Kier alpha value is -2.37. The molecule has 0 spiro atoms. The van der Waals surface area contributed by atoms with E-state index in [9.17, 15) is 4.79 Å². The number of nitrogens with two attached hydrogens (primary N) is 1. The highest BCUT2D eigenvalue weighted by Gasteiger charge is 2.78. The van der Waals surface area contributed by atoms with Crippen LogP contribution in [0.3, 0.4) is 0 Å². The van der Waals surface area contributed by atoms with Gasteiger partial charge in [-0.3, -0.25) is 9.69 Å². The van der Waals surface area contributed by atoms with Crippen molar-refractivity contribution in [1.29, 1.82) is 0 Å². The minimum Gasteiger partial charge on any atom is -0.399 e. The molecular formula is C29H33N3O2. The van der Waals surface area contributed by atoms with Crippen LogP contribution >= 0.6 is 0 Å². The number of hydrogen-bond donors (Lipinski definition) is 1. The molecule has 6 aliphatic rings. The second-order valence-corrected chi connectivity index (χ2v) is 11.8. The number of nitrogens with zero attached hydrogens (tertiary/aromatic N) is 2. The highest BCUT2D eigenvalue weighted by atomic mass is 16.5. The van der Waals surface area contributed by atoms with Gasteiger partial charge in [0.15, 0.2) is 0 Å². The van der Waals surface area contributed by atoms with Crippen LogP contribution in [0.1, 0.15) is 53.6 Å². The van der Waals surface area contributed by atoms with E-state index in [1.807, 2.05) is 30.3 Å². The molecule has 0 radical (unpaired) electrons. The second-order valence-electron chi connectivity index (χ2n) is 11.8. The molecule has 34 heavy (non-hydrogen) atoms. The molecule has 5 fully saturated rings. The molecule has 5 nitrogen and oxygen atoms in total. The van der Waals surface area contributed by atoms with E-state index < -0.39 is 0 Å². The van der Waals surface area contributed by atoms with Crippen molar-refractivity contribution < 1.29 is 9.53 Å². The summed E-state index contributed by atoms with van der Waals surface area (Å²) in [7, 11) is 0. The number of hydrogen-bond acceptors (Lipinski definition) is 4. The number of likely N-dealkylation sites (tertiary alicyclic amines) is 2. The molecule has 2 saturated carbocycles. The SMILES string of the molecule is Nc1ccc2c(c1)C13CCN(CC4CC4)C(C2)C12CCC1C3[C@@H](CN1C(=O)c1ccccc1)O2. The number of carbonyl (C=O) groups is 1. The Labute approximate surface area is 201 Å². The Bertz CT molecular complexity index is 1180. The lowest BCUT2D eigenvalue weighted by molar-refractivity contribution is -0.170. The number of nitrogen functional groups attached to an aromatic ring is 1. The van der Waals surface area contributed by atoms with Gasteiger partial charge in [0.1, 0.15) is 0 Å². The molecule has 8 rings (SSSR count). The van der Waals surface area contributed by atoms with E-state index in [1.165, 1.54) is 30.5 Å². The molecule has 3 aliphatic heterocycles. The molecule has 176 valence electrons. The molecule has 4 bridgehead atoms. The number of rotatable bonds is 3. The molecule has 0 aromatic heterocycles. The van der Waals surface area contributed by atoms with Crippen molar-refractivity contribution in [2.45, 2.75) is 67.7 Å². The van der Waals surface area contributed by atoms with Crippen molar-refractivity contribution in [2.75, 3.05) is 25.4 Å². The number of anilines is 1. The lowest BCUT2D eigenvalue weighted by Crippen LogP contribution is -2.74. The van der Waals surface area contributed by atoms with Crippen LogP contribution in [0.25, 0.3) is 0 Å². The van der Waals surface area contributed by atoms with Gasteiger partial charge in [0.25, 0.3) is 5.91 Å². The molecule has 1 amide bonds. The van der Waals surface area contributed by atoms with Gasteiger partial charge >= 0.3 is 0 Å². The van der Waals surface area contributed by atoms with Gasteiger partial charge in [-0.1, -0.05) is 24.3 Å². The van der Waals surface area contributed by atoms with Crippen molar-refractivity contribution in [3.8, 4) is 0 Å². The number of benzene rings is 2. The standard InChI is InChI=1S/C29H33N3O2/c30-21-9-8-20-14-25-29-11-10-23-26(24(34-29)17-32(23)27(33)19-4-2-1-3-5-19)28(29,22(20)15-21)12-13-31(25)16-18-6-7-18/h1-5,8-9,15,18,23-26H,6-7,10-14,16-17,30H2/t23?,24-,25?,26?,28?,29?/m1/s1. The molecule has 3 heterocycles. The van der Waals surface area contributed by atoms with E-state index in [2.05, 4.69) is 28.0 Å². The summed E-state index contributed by atoms with van der Waals surface area (Å²) >= 11 is 0. The largest absolute Gasteiger partial charge is 0.399 e. The maximum atomic E-state index is 13.6. The van der Waals surface area contributed by atoms with Crippen LogP contribution in [0.2, 0.25) is 0 Å². The van der Waals surface area contributed by atoms with Gasteiger partial charge < -0.3 is 15.4 Å². The zero-order valence-corrected chi connectivity index (χ0v) is 19.7. The van der Waals surface area contributed by atoms with Crippen LogP contribution in [0.4, 0.5) is 5.69 Å². The predicted octanol–water partition coefficient (Wildman–Crippen LogP) is 3.62. The van der Waals surface area contributed by atoms with E-state index in [0.29, 0.717) is 12.0 Å². The minimum absolute atomic E-state index is 0.0278. The molecule has 2 aromatic rings. The summed E-state index contributed by atoms with van der Waals surface area (Å²) in [5.41, 5.74) is 10.8. The van der Waals surface area contributed by atoms with E-state index in [1.54, 1.807) is 0 Å². The first-order valence-electron chi connectivity index (χ1n) is 13.3. The first-order chi connectivity index (χ1) is 16.6. The van der Waals surface area contributed by atoms with Crippen LogP contribution in [0, 0.1) is 11.8 Å². The summed E-state index contributed by atoms with van der Waals surface area (Å²) in [6, 6.07) is 17.1. The van der Waals surface area contributed by atoms with Crippen molar-refractivity contribution in [3.63, 3.8) is 0 Å². The zero-order valence-electron chi connectivity index (χ0n) is 19.7. The fraction of sp³-hybridized carbons (Fsp3) is 0.552. The van der Waals surface area contributed by atoms with Crippen molar-refractivity contribution >= 4 is 11.6 Å². The number of ether oxygens (including phenoxy) is 1. The van der Waals surface area contributed by atoms with E-state index in [-0.39, 0.29) is 29.1 Å². The Kier molecular flexibility index (Phi) is 3.88. The summed E-state index contributed by atoms with van der Waals surface area (Å²) in [6.45, 7) is 3.09. The maximum Gasteiger partial charge on any atom is 0.254 e. The third-order valence-electron chi connectivity index (χ3n) is 10.4. The number of carbonyl (C=O) groups excluding carboxylic acids is 1. The highest BCUT2D eigenvalue weighted by molar-refractivity contribution is 5.94. The lowest BCUT2D eigenvalue weighted by atomic mass is 9.46. The number of amides is 1. The van der Waals surface area contributed by atoms with Crippen molar-refractivity contribution in [1.82, 2.24) is 9.80 Å². The number of fused-ring (bicyclic) bond motifs is 1. The predicted molar refractivity (Wildman–Crippen MR) is 131 cm³/mol. The average Bonchev–Trinajstić information content (AvgIpc) is 3.55. The molecule has 3 saturated heterocycles. The van der Waals surface area contributed by atoms with Gasteiger partial charge in [0, 0.05) is 47.8 Å². The molecular weight excluding hydrogens is 422 g/mol. The van der Waals surface area contributed by atoms with E-state index >= 15 is 0 Å². The molecule has 2 aromatic carbocycles. The normalized spacial score (nSPS) is 39.6. The average molecular weight is 456 g/mol. The first-order valence-corrected chi connectivity index (χ1v) is 13.3. The summed E-state index contributed by atoms with van der Waals surface area (Å²) in [5, 5.41) is 0. The Morgan fingerprint density at radius 2 is 1.94 bits per heavy atom. The fourth-order valence-electron chi connectivity index (χ4n) is 9.03. The maximum absolute atomic E-state index is 13.6. The highest BCUT2D eigenvalue weighted by Crippen LogP contribution is 2.69. The van der Waals surface area contributed by atoms with Gasteiger partial charge in [-0.05, 0) is 86.4 Å². The third kappa shape index (κ3) is 2.35. The Balaban J connectivity index is 1.25. The zero-order chi connectivity index (χ0) is 22.7. The first kappa shape index (κ1) is 19.9. The Morgan fingerprint density at radius 3 is 2.76 bits per heavy atom. The second kappa shape index (κ2) is 6.64. The van der Waals surface area contributed by atoms with Crippen LogP contribution in [0.5, 0.6) is 0 Å². The quantitative estimate of drug-likeness (QED) is 0.719. The molecule has 2 N–H and O–H groups in total. The lowest BCUT2D eigenvalue weighted by Gasteiger charge is -2.64. The minimum atomic E-state index is -0.130. The Morgan fingerprint density at radius 1 is 1.09 bits per heavy atom. The topological polar surface area (TPSA) is 58.8 Å². The van der Waals surface area contributed by atoms with Crippen LogP contribution in [-0.4, -0.2) is 59.1 Å². The van der Waals surface area contributed by atoms with Gasteiger partial charge in [0.2, 0.25) is 0 Å². The summed E-state index contributed by atoms with van der Waals surface area (Å²) < 4.78 is 7.29. The van der Waals surface area contributed by atoms with Crippen molar-refractivity contribution in [3.05, 3.63) is 65.2 Å². The van der Waals surface area contributed by atoms with Crippen molar-refractivity contribution in [2.24, 2.45) is 11.8 Å².